The molecule has 49 heavy (non-hydrogen) atoms. The lowest BCUT2D eigenvalue weighted by molar-refractivity contribution is -0.139. The second kappa shape index (κ2) is 17.0. The van der Waals surface area contributed by atoms with E-state index in [1.807, 2.05) is 48.5 Å². The Balaban J connectivity index is 1.53. The number of likely N-dealkylation sites (N-methyl/N-ethyl adjacent to an activating group) is 1. The molecule has 0 saturated carbocycles. The topological polar surface area (TPSA) is 197 Å². The van der Waals surface area contributed by atoms with Crippen LogP contribution in [0.4, 0.5) is 0 Å². The smallest absolute Gasteiger partial charge is 0.274 e. The molecule has 1 aliphatic rings. The quantitative estimate of drug-likeness (QED) is 0.243. The van der Waals surface area contributed by atoms with Crippen molar-refractivity contribution in [1.29, 1.82) is 0 Å². The Morgan fingerprint density at radius 1 is 0.918 bits per heavy atom. The summed E-state index contributed by atoms with van der Waals surface area (Å²) in [5.41, 5.74) is 1.45. The van der Waals surface area contributed by atoms with Crippen LogP contribution in [0.1, 0.15) is 49.7 Å². The van der Waals surface area contributed by atoms with E-state index in [4.69, 9.17) is 0 Å². The Hall–Kier alpha value is -5.60. The highest BCUT2D eigenvalue weighted by atomic mass is 16.2. The molecular formula is C34H43N9O6. The monoisotopic (exact) mass is 673 g/mol. The molecule has 260 valence electrons. The largest absolute Gasteiger partial charge is 0.355 e. The first kappa shape index (κ1) is 36.2. The van der Waals surface area contributed by atoms with Crippen molar-refractivity contribution in [2.24, 2.45) is 5.92 Å². The minimum absolute atomic E-state index is 0.0272. The fourth-order valence-electron chi connectivity index (χ4n) is 5.23. The van der Waals surface area contributed by atoms with Gasteiger partial charge in [-0.15, -0.1) is 5.10 Å². The lowest BCUT2D eigenvalue weighted by Gasteiger charge is -2.28. The summed E-state index contributed by atoms with van der Waals surface area (Å²) in [6, 6.07) is 13.9. The minimum Gasteiger partial charge on any atom is -0.355 e. The van der Waals surface area contributed by atoms with Gasteiger partial charge in [0.25, 0.3) is 5.91 Å². The average molecular weight is 674 g/mol. The third-order valence-electron chi connectivity index (χ3n) is 8.01. The van der Waals surface area contributed by atoms with Crippen molar-refractivity contribution < 1.29 is 28.8 Å². The molecule has 15 nitrogen and oxygen atoms in total. The Bertz CT molecular complexity index is 1630. The molecular weight excluding hydrogens is 630 g/mol. The summed E-state index contributed by atoms with van der Waals surface area (Å²) in [5, 5.41) is 21.4. The minimum atomic E-state index is -1.11. The summed E-state index contributed by atoms with van der Waals surface area (Å²) in [6.45, 7) is 4.80. The number of rotatable bonds is 6. The van der Waals surface area contributed by atoms with E-state index in [2.05, 4.69) is 36.9 Å². The molecule has 2 heterocycles. The molecule has 6 amide bonds. The second-order valence-corrected chi connectivity index (χ2v) is 12.3. The number of benzene rings is 2. The number of para-hydroxylation sites is 1. The number of carbonyl (C=O) groups is 6. The van der Waals surface area contributed by atoms with Crippen LogP contribution in [0.2, 0.25) is 0 Å². The molecule has 4 rings (SSSR count). The van der Waals surface area contributed by atoms with E-state index in [1.54, 1.807) is 26.0 Å². The van der Waals surface area contributed by atoms with Crippen LogP contribution in [0.15, 0.2) is 66.9 Å². The number of hydrogen-bond donors (Lipinski definition) is 5. The first-order chi connectivity index (χ1) is 23.4. The number of carbonyl (C=O) groups excluding carboxylic acids is 6. The van der Waals surface area contributed by atoms with Crippen molar-refractivity contribution in [2.75, 3.05) is 20.1 Å². The number of nitrogens with zero attached hydrogens (tertiary/aromatic N) is 4. The Morgan fingerprint density at radius 2 is 1.59 bits per heavy atom. The van der Waals surface area contributed by atoms with Crippen LogP contribution in [0.5, 0.6) is 0 Å². The van der Waals surface area contributed by atoms with Gasteiger partial charge in [0.05, 0.1) is 18.4 Å². The zero-order valence-corrected chi connectivity index (χ0v) is 28.0. The number of hydrogen-bond acceptors (Lipinski definition) is 8. The van der Waals surface area contributed by atoms with E-state index in [9.17, 15) is 28.8 Å². The SMILES string of the molecule is CC(C)[C@H]1NC(=O)[C@@H](NC(=O)c2cn(-c3ccccc3)nn2)CCCNC(=O)CN(C)C(=O)[C@H](Cc2ccccc2)NC(=O)[C@@H](C)NC1=O. The maximum absolute atomic E-state index is 13.6. The molecule has 0 aliphatic carbocycles. The average Bonchev–Trinajstić information content (AvgIpc) is 3.58. The highest BCUT2D eigenvalue weighted by molar-refractivity contribution is 5.98. The van der Waals surface area contributed by atoms with Crippen LogP contribution in [0.25, 0.3) is 5.69 Å². The number of nitrogens with one attached hydrogen (secondary N) is 5. The summed E-state index contributed by atoms with van der Waals surface area (Å²) in [4.78, 5) is 81.0. The van der Waals surface area contributed by atoms with Gasteiger partial charge in [0, 0.05) is 20.0 Å². The third kappa shape index (κ3) is 10.2. The van der Waals surface area contributed by atoms with Crippen molar-refractivity contribution in [3.8, 4) is 5.69 Å². The molecule has 0 radical (unpaired) electrons. The summed E-state index contributed by atoms with van der Waals surface area (Å²) >= 11 is 0. The molecule has 1 saturated heterocycles. The molecule has 0 unspecified atom stereocenters. The second-order valence-electron chi connectivity index (χ2n) is 12.3. The van der Waals surface area contributed by atoms with E-state index in [-0.39, 0.29) is 38.0 Å². The van der Waals surface area contributed by atoms with Crippen LogP contribution in [0.3, 0.4) is 0 Å². The predicted molar refractivity (Wildman–Crippen MR) is 179 cm³/mol. The van der Waals surface area contributed by atoms with E-state index in [0.717, 1.165) is 5.56 Å². The highest BCUT2D eigenvalue weighted by Gasteiger charge is 2.33. The molecule has 1 aliphatic heterocycles. The van der Waals surface area contributed by atoms with E-state index >= 15 is 0 Å². The van der Waals surface area contributed by atoms with E-state index in [1.165, 1.54) is 29.7 Å². The van der Waals surface area contributed by atoms with E-state index in [0.29, 0.717) is 5.69 Å². The summed E-state index contributed by atoms with van der Waals surface area (Å²) in [6.07, 6.45) is 1.98. The van der Waals surface area contributed by atoms with Crippen molar-refractivity contribution >= 4 is 35.4 Å². The lowest BCUT2D eigenvalue weighted by atomic mass is 10.0. The number of aromatic nitrogens is 3. The normalized spacial score (nSPS) is 21.9. The van der Waals surface area contributed by atoms with Crippen molar-refractivity contribution in [1.82, 2.24) is 46.5 Å². The molecule has 0 bridgehead atoms. The number of amides is 6. The van der Waals surface area contributed by atoms with Crippen LogP contribution in [-0.4, -0.2) is 99.6 Å². The Labute approximate surface area is 284 Å². The van der Waals surface area contributed by atoms with Crippen molar-refractivity contribution in [2.45, 2.75) is 64.2 Å². The van der Waals surface area contributed by atoms with E-state index < -0.39 is 65.5 Å². The third-order valence-corrected chi connectivity index (χ3v) is 8.01. The van der Waals surface area contributed by atoms with Gasteiger partial charge in [0.2, 0.25) is 29.5 Å². The van der Waals surface area contributed by atoms with Crippen molar-refractivity contribution in [3.63, 3.8) is 0 Å². The van der Waals surface area contributed by atoms with Gasteiger partial charge in [-0.05, 0) is 43.4 Å². The predicted octanol–water partition coefficient (Wildman–Crippen LogP) is 0.107. The molecule has 5 N–H and O–H groups in total. The Morgan fingerprint density at radius 3 is 2.27 bits per heavy atom. The van der Waals surface area contributed by atoms with Crippen molar-refractivity contribution in [3.05, 3.63) is 78.1 Å². The van der Waals surface area contributed by atoms with Gasteiger partial charge in [-0.1, -0.05) is 67.6 Å². The molecule has 1 fully saturated rings. The first-order valence-electron chi connectivity index (χ1n) is 16.2. The zero-order chi connectivity index (χ0) is 35.5. The standard InChI is InChI=1S/C34H43N9O6/c1-21(2)29-33(48)36-22(3)30(45)38-26(18-23-12-7-5-8-13-23)34(49)42(4)20-28(44)35-17-11-16-25(31(46)39-29)37-32(47)27-19-43(41-40-27)24-14-9-6-10-15-24/h5-10,12-15,19,21-22,25-26,29H,11,16-18,20H2,1-4H3,(H,35,44)(H,36,48)(H,37,47)(H,38,45)(H,39,46)/t22-,25+,26+,29-/m1/s1. The molecule has 2 aromatic carbocycles. The fraction of sp³-hybridized carbons (Fsp3) is 0.412. The van der Waals surface area contributed by atoms with Gasteiger partial charge >= 0.3 is 0 Å². The molecule has 1 aromatic heterocycles. The van der Waals surface area contributed by atoms with Crippen LogP contribution in [-0.2, 0) is 30.4 Å². The van der Waals surface area contributed by atoms with Gasteiger partial charge in [-0.2, -0.15) is 0 Å². The molecule has 15 heteroatoms. The Kier molecular flexibility index (Phi) is 12.6. The first-order valence-corrected chi connectivity index (χ1v) is 16.2. The van der Waals surface area contributed by atoms with Crippen LogP contribution >= 0.6 is 0 Å². The maximum Gasteiger partial charge on any atom is 0.274 e. The van der Waals surface area contributed by atoms with Gasteiger partial charge in [0.1, 0.15) is 24.2 Å². The highest BCUT2D eigenvalue weighted by Crippen LogP contribution is 2.10. The van der Waals surface area contributed by atoms with Crippen LogP contribution < -0.4 is 26.6 Å². The maximum atomic E-state index is 13.6. The summed E-state index contributed by atoms with van der Waals surface area (Å²) in [7, 11) is 1.46. The fourth-order valence-corrected chi connectivity index (χ4v) is 5.23. The van der Waals surface area contributed by atoms with Crippen LogP contribution in [0, 0.1) is 5.92 Å². The van der Waals surface area contributed by atoms with Gasteiger partial charge in [-0.25, -0.2) is 4.68 Å². The van der Waals surface area contributed by atoms with Gasteiger partial charge in [0.15, 0.2) is 5.69 Å². The van der Waals surface area contributed by atoms with Gasteiger partial charge in [-0.3, -0.25) is 28.8 Å². The summed E-state index contributed by atoms with van der Waals surface area (Å²) in [5.74, 6) is -3.84. The molecule has 4 atom stereocenters. The molecule has 0 spiro atoms. The summed E-state index contributed by atoms with van der Waals surface area (Å²) < 4.78 is 1.43. The molecule has 3 aromatic rings. The zero-order valence-electron chi connectivity index (χ0n) is 28.0. The lowest BCUT2D eigenvalue weighted by Crippen LogP contribution is -2.59. The van der Waals surface area contributed by atoms with Gasteiger partial charge < -0.3 is 31.5 Å².